The molecule has 0 amide bonds. The monoisotopic (exact) mass is 574 g/mol. The lowest BCUT2D eigenvalue weighted by atomic mass is 9.95. The van der Waals surface area contributed by atoms with Crippen LogP contribution >= 0.6 is 11.8 Å². The molecule has 0 aliphatic carbocycles. The predicted octanol–water partition coefficient (Wildman–Crippen LogP) is 3.01. The Labute approximate surface area is 225 Å². The Morgan fingerprint density at radius 2 is 1.51 bits per heavy atom. The Morgan fingerprint density at radius 1 is 0.919 bits per heavy atom. The molecule has 0 saturated carbocycles. The number of aliphatic hydroxyl groups excluding tert-OH is 1. The first-order valence-corrected chi connectivity index (χ1v) is 16.6. The van der Waals surface area contributed by atoms with Crippen molar-refractivity contribution in [1.29, 1.82) is 0 Å². The van der Waals surface area contributed by atoms with Crippen molar-refractivity contribution in [2.24, 2.45) is 0 Å². The van der Waals surface area contributed by atoms with Gasteiger partial charge in [-0.05, 0) is 48.1 Å². The molecular weight excluding hydrogens is 536 g/mol. The van der Waals surface area contributed by atoms with Crippen LogP contribution in [-0.2, 0) is 33.1 Å². The molecule has 2 heterocycles. The van der Waals surface area contributed by atoms with Gasteiger partial charge in [-0.15, -0.1) is 0 Å². The minimum absolute atomic E-state index is 0.296. The van der Waals surface area contributed by atoms with Crippen LogP contribution in [0, 0.1) is 0 Å². The molecule has 37 heavy (non-hydrogen) atoms. The van der Waals surface area contributed by atoms with Gasteiger partial charge >= 0.3 is 0 Å². The molecule has 4 rings (SSSR count). The molecule has 3 N–H and O–H groups in total. The maximum absolute atomic E-state index is 9.19. The number of aliphatic hydroxyl groups is 1. The summed E-state index contributed by atoms with van der Waals surface area (Å²) in [7, 11) is -7.33. The molecule has 2 aromatic rings. The van der Waals surface area contributed by atoms with Crippen molar-refractivity contribution in [3.8, 4) is 0 Å². The zero-order valence-electron chi connectivity index (χ0n) is 21.6. The fourth-order valence-electron chi connectivity index (χ4n) is 4.30. The average molecular weight is 575 g/mol. The summed E-state index contributed by atoms with van der Waals surface area (Å²) in [4.78, 5) is 8.02. The van der Waals surface area contributed by atoms with E-state index < -0.39 is 20.2 Å². The van der Waals surface area contributed by atoms with Gasteiger partial charge in [-0.3, -0.25) is 14.0 Å². The molecule has 2 aliphatic rings. The molecule has 2 aromatic carbocycles. The van der Waals surface area contributed by atoms with Gasteiger partial charge in [-0.1, -0.05) is 49.0 Å². The van der Waals surface area contributed by atoms with Crippen LogP contribution in [-0.4, -0.2) is 92.7 Å². The Balaban J connectivity index is 0.000000412. The molecule has 208 valence electrons. The van der Waals surface area contributed by atoms with E-state index in [0.717, 1.165) is 52.0 Å². The smallest absolute Gasteiger partial charge is 0.261 e. The van der Waals surface area contributed by atoms with E-state index in [4.69, 9.17) is 14.2 Å². The normalized spacial score (nSPS) is 18.3. The lowest BCUT2D eigenvalue weighted by Crippen LogP contribution is -2.48. The van der Waals surface area contributed by atoms with Crippen molar-refractivity contribution < 1.29 is 31.0 Å². The molecule has 0 aromatic heterocycles. The SMILES string of the molecule is CCc1ccc2c(c1)C(N1CCN(CCCO)CC1)Cc1ccccc1S2.CS(=O)(=O)O.CS(=O)(=O)O. The van der Waals surface area contributed by atoms with Crippen molar-refractivity contribution in [3.63, 3.8) is 0 Å². The zero-order valence-corrected chi connectivity index (χ0v) is 24.0. The number of piperazine rings is 1. The van der Waals surface area contributed by atoms with Crippen molar-refractivity contribution in [3.05, 3.63) is 59.2 Å². The Kier molecular flexibility index (Phi) is 12.5. The highest BCUT2D eigenvalue weighted by Gasteiger charge is 2.30. The van der Waals surface area contributed by atoms with Gasteiger partial charge in [0.25, 0.3) is 20.2 Å². The second kappa shape index (κ2) is 14.6. The third-order valence-corrected chi connectivity index (χ3v) is 7.14. The lowest BCUT2D eigenvalue weighted by Gasteiger charge is -2.39. The second-order valence-corrected chi connectivity index (χ2v) is 13.1. The van der Waals surface area contributed by atoms with E-state index in [9.17, 15) is 16.8 Å². The van der Waals surface area contributed by atoms with Crippen LogP contribution in [0.4, 0.5) is 0 Å². The number of fused-ring (bicyclic) bond motifs is 2. The van der Waals surface area contributed by atoms with Crippen molar-refractivity contribution in [2.45, 2.75) is 42.0 Å². The number of benzene rings is 2. The van der Waals surface area contributed by atoms with Gasteiger partial charge in [0.05, 0.1) is 12.5 Å². The van der Waals surface area contributed by atoms with E-state index in [-0.39, 0.29) is 0 Å². The highest BCUT2D eigenvalue weighted by atomic mass is 32.2. The third kappa shape index (κ3) is 12.3. The van der Waals surface area contributed by atoms with Crippen LogP contribution in [0.25, 0.3) is 0 Å². The Bertz CT molecular complexity index is 1170. The van der Waals surface area contributed by atoms with Crippen LogP contribution in [0.3, 0.4) is 0 Å². The molecule has 1 saturated heterocycles. The maximum Gasteiger partial charge on any atom is 0.261 e. The second-order valence-electron chi connectivity index (χ2n) is 9.08. The van der Waals surface area contributed by atoms with Crippen LogP contribution in [0.1, 0.15) is 36.1 Å². The van der Waals surface area contributed by atoms with E-state index in [1.807, 2.05) is 11.8 Å². The fourth-order valence-corrected chi connectivity index (χ4v) is 5.41. The van der Waals surface area contributed by atoms with Crippen molar-refractivity contribution in [2.75, 3.05) is 51.8 Å². The lowest BCUT2D eigenvalue weighted by molar-refractivity contribution is 0.0899. The average Bonchev–Trinajstić information content (AvgIpc) is 2.97. The van der Waals surface area contributed by atoms with Gasteiger partial charge in [-0.25, -0.2) is 0 Å². The first kappa shape index (κ1) is 31.7. The van der Waals surface area contributed by atoms with Crippen molar-refractivity contribution in [1.82, 2.24) is 9.80 Å². The first-order chi connectivity index (χ1) is 17.3. The molecule has 2 aliphatic heterocycles. The predicted molar refractivity (Wildman–Crippen MR) is 147 cm³/mol. The van der Waals surface area contributed by atoms with Gasteiger partial charge in [0, 0.05) is 55.2 Å². The summed E-state index contributed by atoms with van der Waals surface area (Å²) in [6, 6.07) is 16.5. The van der Waals surface area contributed by atoms with E-state index in [2.05, 4.69) is 59.2 Å². The Morgan fingerprint density at radius 3 is 2.08 bits per heavy atom. The van der Waals surface area contributed by atoms with E-state index in [1.165, 1.54) is 26.5 Å². The maximum atomic E-state index is 9.19. The molecule has 1 atom stereocenters. The molecular formula is C25H38N2O7S3. The topological polar surface area (TPSA) is 135 Å². The summed E-state index contributed by atoms with van der Waals surface area (Å²) < 4.78 is 51.7. The fraction of sp³-hybridized carbons (Fsp3) is 0.520. The molecule has 0 spiro atoms. The summed E-state index contributed by atoms with van der Waals surface area (Å²) >= 11 is 1.94. The molecule has 9 nitrogen and oxygen atoms in total. The van der Waals surface area contributed by atoms with Crippen LogP contribution in [0.5, 0.6) is 0 Å². The van der Waals surface area contributed by atoms with Crippen molar-refractivity contribution >= 4 is 32.0 Å². The number of rotatable bonds is 5. The van der Waals surface area contributed by atoms with E-state index >= 15 is 0 Å². The summed E-state index contributed by atoms with van der Waals surface area (Å²) in [5.74, 6) is 0. The summed E-state index contributed by atoms with van der Waals surface area (Å²) in [5.41, 5.74) is 4.43. The van der Waals surface area contributed by atoms with E-state index in [1.54, 1.807) is 0 Å². The summed E-state index contributed by atoms with van der Waals surface area (Å²) in [6.07, 6.45) is 4.50. The van der Waals surface area contributed by atoms with Crippen LogP contribution in [0.2, 0.25) is 0 Å². The molecule has 1 unspecified atom stereocenters. The quantitative estimate of drug-likeness (QED) is 0.457. The minimum Gasteiger partial charge on any atom is -0.396 e. The number of hydrogen-bond acceptors (Lipinski definition) is 8. The third-order valence-electron chi connectivity index (χ3n) is 5.93. The van der Waals surface area contributed by atoms with Gasteiger partial charge < -0.3 is 10.0 Å². The Hall–Kier alpha value is -1.51. The summed E-state index contributed by atoms with van der Waals surface area (Å²) in [6.45, 7) is 7.99. The van der Waals surface area contributed by atoms with Crippen LogP contribution in [0.15, 0.2) is 52.3 Å². The van der Waals surface area contributed by atoms with E-state index in [0.29, 0.717) is 25.2 Å². The van der Waals surface area contributed by atoms with Gasteiger partial charge in [0.15, 0.2) is 0 Å². The number of nitrogens with zero attached hydrogens (tertiary/aromatic N) is 2. The largest absolute Gasteiger partial charge is 0.396 e. The molecule has 1 fully saturated rings. The van der Waals surface area contributed by atoms with Gasteiger partial charge in [0.1, 0.15) is 0 Å². The zero-order chi connectivity index (χ0) is 27.6. The molecule has 12 heteroatoms. The van der Waals surface area contributed by atoms with Gasteiger partial charge in [-0.2, -0.15) is 16.8 Å². The van der Waals surface area contributed by atoms with Crippen LogP contribution < -0.4 is 0 Å². The minimum atomic E-state index is -3.67. The summed E-state index contributed by atoms with van der Waals surface area (Å²) in [5, 5.41) is 9.10. The number of hydrogen-bond donors (Lipinski definition) is 3. The highest BCUT2D eigenvalue weighted by molar-refractivity contribution is 7.99. The molecule has 0 radical (unpaired) electrons. The van der Waals surface area contributed by atoms with Gasteiger partial charge in [0.2, 0.25) is 0 Å². The highest BCUT2D eigenvalue weighted by Crippen LogP contribution is 2.43. The number of aryl methyl sites for hydroxylation is 1. The molecule has 0 bridgehead atoms. The standard InChI is InChI=1S/C23H30N2OS.2CH4O3S/c1-2-18-8-9-23-20(16-18)21(17-19-6-3-4-7-22(19)27-23)25-13-11-24(12-14-25)10-5-15-26;2*1-5(2,3)4/h3-4,6-9,16,21,26H,2,5,10-15,17H2,1H3;2*1H3,(H,2,3,4). The first-order valence-electron chi connectivity index (χ1n) is 12.1.